The highest BCUT2D eigenvalue weighted by atomic mass is 32.2. The summed E-state index contributed by atoms with van der Waals surface area (Å²) >= 11 is 1.60. The van der Waals surface area contributed by atoms with Gasteiger partial charge in [0, 0.05) is 5.56 Å². The van der Waals surface area contributed by atoms with Gasteiger partial charge in [0.25, 0.3) is 0 Å². The van der Waals surface area contributed by atoms with Crippen LogP contribution in [0.5, 0.6) is 0 Å². The summed E-state index contributed by atoms with van der Waals surface area (Å²) in [6.07, 6.45) is 5.09. The van der Waals surface area contributed by atoms with E-state index in [1.807, 2.05) is 19.1 Å². The van der Waals surface area contributed by atoms with E-state index in [9.17, 15) is 8.42 Å². The molecule has 0 saturated heterocycles. The van der Waals surface area contributed by atoms with Gasteiger partial charge in [-0.1, -0.05) is 24.1 Å². The van der Waals surface area contributed by atoms with Crippen LogP contribution in [-0.4, -0.2) is 19.2 Å². The lowest BCUT2D eigenvalue weighted by atomic mass is 10.2. The van der Waals surface area contributed by atoms with Crippen molar-refractivity contribution in [2.45, 2.75) is 11.8 Å². The smallest absolute Gasteiger partial charge is 0.189 e. The van der Waals surface area contributed by atoms with Crippen molar-refractivity contribution in [2.75, 3.05) is 5.75 Å². The third-order valence-electron chi connectivity index (χ3n) is 3.28. The highest BCUT2D eigenvalue weighted by Crippen LogP contribution is 2.31. The van der Waals surface area contributed by atoms with E-state index < -0.39 is 9.84 Å². The first kappa shape index (κ1) is 14.8. The van der Waals surface area contributed by atoms with Gasteiger partial charge in [-0.15, -0.1) is 17.8 Å². The zero-order valence-corrected chi connectivity index (χ0v) is 13.5. The minimum atomic E-state index is -3.39. The number of aromatic nitrogens is 1. The fraction of sp³-hybridized carbons (Fsp3) is 0.118. The van der Waals surface area contributed by atoms with E-state index in [1.54, 1.807) is 35.6 Å². The number of hydrogen-bond donors (Lipinski definition) is 0. The molecule has 0 fully saturated rings. The van der Waals surface area contributed by atoms with Gasteiger partial charge in [-0.2, -0.15) is 0 Å². The summed E-state index contributed by atoms with van der Waals surface area (Å²) in [6, 6.07) is 12.8. The predicted molar refractivity (Wildman–Crippen MR) is 90.7 cm³/mol. The Balaban J connectivity index is 2.00. The van der Waals surface area contributed by atoms with Crippen molar-refractivity contribution in [2.24, 2.45) is 0 Å². The SMILES string of the molecule is C#CCS(=O)(=O)c1ccc(-c2nc3ccc(C)cc3s2)cc1. The van der Waals surface area contributed by atoms with Gasteiger partial charge >= 0.3 is 0 Å². The fourth-order valence-corrected chi connectivity index (χ4v) is 4.16. The number of hydrogen-bond acceptors (Lipinski definition) is 4. The normalized spacial score (nSPS) is 11.5. The predicted octanol–water partition coefficient (Wildman–Crippen LogP) is 3.68. The monoisotopic (exact) mass is 327 g/mol. The van der Waals surface area contributed by atoms with Crippen LogP contribution in [0, 0.1) is 19.3 Å². The highest BCUT2D eigenvalue weighted by Gasteiger charge is 2.13. The van der Waals surface area contributed by atoms with Crippen LogP contribution in [0.3, 0.4) is 0 Å². The van der Waals surface area contributed by atoms with Crippen LogP contribution >= 0.6 is 11.3 Å². The third kappa shape index (κ3) is 2.76. The molecule has 0 spiro atoms. The topological polar surface area (TPSA) is 47.0 Å². The van der Waals surface area contributed by atoms with Crippen molar-refractivity contribution in [1.29, 1.82) is 0 Å². The van der Waals surface area contributed by atoms with Gasteiger partial charge in [0.15, 0.2) is 9.84 Å². The summed E-state index contributed by atoms with van der Waals surface area (Å²) in [5.41, 5.74) is 3.05. The van der Waals surface area contributed by atoms with E-state index in [0.29, 0.717) is 0 Å². The van der Waals surface area contributed by atoms with Crippen LogP contribution in [-0.2, 0) is 9.84 Å². The van der Waals surface area contributed by atoms with Crippen molar-refractivity contribution < 1.29 is 8.42 Å². The molecule has 5 heteroatoms. The molecule has 1 aromatic heterocycles. The van der Waals surface area contributed by atoms with Crippen LogP contribution in [0.15, 0.2) is 47.4 Å². The number of rotatable bonds is 3. The number of nitrogens with zero attached hydrogens (tertiary/aromatic N) is 1. The molecule has 2 aromatic carbocycles. The maximum absolute atomic E-state index is 11.9. The Bertz CT molecular complexity index is 978. The van der Waals surface area contributed by atoms with E-state index in [2.05, 4.69) is 17.0 Å². The number of terminal acetylenes is 1. The van der Waals surface area contributed by atoms with Crippen LogP contribution in [0.4, 0.5) is 0 Å². The molecule has 3 aromatic rings. The van der Waals surface area contributed by atoms with Gasteiger partial charge in [-0.05, 0) is 36.8 Å². The molecule has 3 rings (SSSR count). The Morgan fingerprint density at radius 2 is 1.91 bits per heavy atom. The van der Waals surface area contributed by atoms with Crippen molar-refractivity contribution >= 4 is 31.4 Å². The molecule has 0 amide bonds. The number of benzene rings is 2. The number of thiazole rings is 1. The van der Waals surface area contributed by atoms with E-state index in [0.717, 1.165) is 20.8 Å². The number of sulfone groups is 1. The second-order valence-corrected chi connectivity index (χ2v) is 8.00. The Morgan fingerprint density at radius 1 is 1.18 bits per heavy atom. The first-order valence-electron chi connectivity index (χ1n) is 6.63. The molecule has 22 heavy (non-hydrogen) atoms. The van der Waals surface area contributed by atoms with Crippen molar-refractivity contribution in [1.82, 2.24) is 4.98 Å². The minimum absolute atomic E-state index is 0.242. The second kappa shape index (κ2) is 5.56. The molecule has 0 unspecified atom stereocenters. The Morgan fingerprint density at radius 3 is 2.59 bits per heavy atom. The summed E-state index contributed by atoms with van der Waals surface area (Å²) in [5.74, 6) is 1.89. The van der Waals surface area contributed by atoms with Gasteiger partial charge in [0.1, 0.15) is 10.8 Å². The molecule has 0 bridgehead atoms. The molecule has 0 saturated carbocycles. The van der Waals surface area contributed by atoms with Crippen LogP contribution < -0.4 is 0 Å². The number of fused-ring (bicyclic) bond motifs is 1. The maximum atomic E-state index is 11.9. The average Bonchev–Trinajstić information content (AvgIpc) is 2.90. The van der Waals surface area contributed by atoms with Crippen LogP contribution in [0.2, 0.25) is 0 Å². The van der Waals surface area contributed by atoms with Gasteiger partial charge in [0.2, 0.25) is 0 Å². The Hall–Kier alpha value is -2.16. The molecule has 0 atom stereocenters. The van der Waals surface area contributed by atoms with Crippen molar-refractivity contribution in [3.05, 3.63) is 48.0 Å². The molecule has 0 aliphatic heterocycles. The summed E-state index contributed by atoms with van der Waals surface area (Å²) in [7, 11) is -3.39. The van der Waals surface area contributed by atoms with Crippen LogP contribution in [0.25, 0.3) is 20.8 Å². The van der Waals surface area contributed by atoms with E-state index >= 15 is 0 Å². The third-order valence-corrected chi connectivity index (χ3v) is 5.88. The minimum Gasteiger partial charge on any atom is -0.236 e. The Kier molecular flexibility index (Phi) is 3.73. The van der Waals surface area contributed by atoms with Crippen molar-refractivity contribution in [3.63, 3.8) is 0 Å². The largest absolute Gasteiger partial charge is 0.236 e. The van der Waals surface area contributed by atoms with E-state index in [4.69, 9.17) is 6.42 Å². The zero-order chi connectivity index (χ0) is 15.7. The van der Waals surface area contributed by atoms with E-state index in [1.165, 1.54) is 5.56 Å². The Labute approximate surface area is 133 Å². The maximum Gasteiger partial charge on any atom is 0.189 e. The fourth-order valence-electron chi connectivity index (χ4n) is 2.15. The summed E-state index contributed by atoms with van der Waals surface area (Å²) < 4.78 is 24.9. The van der Waals surface area contributed by atoms with Crippen LogP contribution in [0.1, 0.15) is 5.56 Å². The lowest BCUT2D eigenvalue weighted by molar-refractivity contribution is 0.599. The van der Waals surface area contributed by atoms with Gasteiger partial charge < -0.3 is 0 Å². The molecule has 0 N–H and O–H groups in total. The molecule has 0 radical (unpaired) electrons. The van der Waals surface area contributed by atoms with E-state index in [-0.39, 0.29) is 10.6 Å². The summed E-state index contributed by atoms with van der Waals surface area (Å²) in [5, 5.41) is 0.876. The highest BCUT2D eigenvalue weighted by molar-refractivity contribution is 7.91. The van der Waals surface area contributed by atoms with Gasteiger partial charge in [-0.25, -0.2) is 13.4 Å². The first-order chi connectivity index (χ1) is 10.5. The summed E-state index contributed by atoms with van der Waals surface area (Å²) in [6.45, 7) is 2.05. The standard InChI is InChI=1S/C17H13NO2S2/c1-3-10-22(19,20)14-7-5-13(6-8-14)17-18-15-9-4-12(2)11-16(15)21-17/h1,4-9,11H,10H2,2H3. The molecular formula is C17H13NO2S2. The molecule has 0 aliphatic rings. The van der Waals surface area contributed by atoms with Gasteiger partial charge in [-0.3, -0.25) is 0 Å². The molecule has 110 valence electrons. The molecule has 1 heterocycles. The molecule has 0 aliphatic carbocycles. The van der Waals surface area contributed by atoms with Crippen molar-refractivity contribution in [3.8, 4) is 22.9 Å². The summed E-state index contributed by atoms with van der Waals surface area (Å²) in [4.78, 5) is 4.83. The molecular weight excluding hydrogens is 314 g/mol. The first-order valence-corrected chi connectivity index (χ1v) is 9.10. The second-order valence-electron chi connectivity index (χ2n) is 4.98. The average molecular weight is 327 g/mol. The molecule has 3 nitrogen and oxygen atoms in total. The lowest BCUT2D eigenvalue weighted by Crippen LogP contribution is -2.04. The quantitative estimate of drug-likeness (QED) is 0.690. The number of aryl methyl sites for hydroxylation is 1. The van der Waals surface area contributed by atoms with Gasteiger partial charge in [0.05, 0.1) is 15.1 Å². The lowest BCUT2D eigenvalue weighted by Gasteiger charge is -2.01. The zero-order valence-electron chi connectivity index (χ0n) is 11.9.